The molecule has 0 saturated carbocycles. The molecule has 1 aromatic rings. The van der Waals surface area contributed by atoms with Crippen molar-refractivity contribution in [2.24, 2.45) is 0 Å². The number of amides is 1. The Hall–Kier alpha value is -2.56. The van der Waals surface area contributed by atoms with E-state index in [1.54, 1.807) is 0 Å². The van der Waals surface area contributed by atoms with Gasteiger partial charge in [-0.15, -0.1) is 11.8 Å². The molecule has 0 radical (unpaired) electrons. The maximum Gasteiger partial charge on any atom is 0.491 e. The first-order valence-electron chi connectivity index (χ1n) is 7.55. The molecule has 1 aromatic carbocycles. The summed E-state index contributed by atoms with van der Waals surface area (Å²) in [6, 6.07) is 5.42. The molecule has 2 aliphatic rings. The maximum atomic E-state index is 13.6. The van der Waals surface area contributed by atoms with Crippen LogP contribution in [0.5, 0.6) is 5.75 Å². The van der Waals surface area contributed by atoms with Crippen LogP contribution in [-0.2, 0) is 19.1 Å². The minimum atomic E-state index is -5.36. The molecule has 0 bridgehead atoms. The lowest BCUT2D eigenvalue weighted by Crippen LogP contribution is -2.54. The van der Waals surface area contributed by atoms with Crippen molar-refractivity contribution in [2.45, 2.75) is 18.0 Å². The fourth-order valence-electron chi connectivity index (χ4n) is 2.49. The van der Waals surface area contributed by atoms with E-state index in [9.17, 15) is 31.9 Å². The predicted octanol–water partition coefficient (Wildman–Crippen LogP) is 2.40. The fraction of sp³-hybridized carbons (Fsp3) is 0.312. The molecule has 27 heavy (non-hydrogen) atoms. The summed E-state index contributed by atoms with van der Waals surface area (Å²) in [5.74, 6) is -5.43. The minimum absolute atomic E-state index is 0.107. The topological polar surface area (TPSA) is 72.9 Å². The van der Waals surface area contributed by atoms with Crippen molar-refractivity contribution in [1.29, 1.82) is 0 Å². The normalized spacial score (nSPS) is 19.3. The summed E-state index contributed by atoms with van der Waals surface area (Å²) in [7, 11) is 0. The van der Waals surface area contributed by atoms with Crippen LogP contribution in [0.4, 0.5) is 17.6 Å². The Morgan fingerprint density at radius 1 is 1.26 bits per heavy atom. The molecule has 1 unspecified atom stereocenters. The van der Waals surface area contributed by atoms with E-state index < -0.39 is 40.9 Å². The molecule has 0 spiro atoms. The van der Waals surface area contributed by atoms with E-state index in [-0.39, 0.29) is 30.1 Å². The van der Waals surface area contributed by atoms with Gasteiger partial charge < -0.3 is 9.47 Å². The number of benzene rings is 1. The monoisotopic (exact) mass is 405 g/mol. The van der Waals surface area contributed by atoms with Crippen LogP contribution in [0, 0.1) is 5.82 Å². The predicted molar refractivity (Wildman–Crippen MR) is 83.8 cm³/mol. The van der Waals surface area contributed by atoms with Gasteiger partial charge >= 0.3 is 18.1 Å². The van der Waals surface area contributed by atoms with Gasteiger partial charge in [0.05, 0.1) is 11.8 Å². The maximum absolute atomic E-state index is 13.6. The molecular weight excluding hydrogens is 394 g/mol. The van der Waals surface area contributed by atoms with Gasteiger partial charge in [-0.1, -0.05) is 12.1 Å². The minimum Gasteiger partial charge on any atom is -0.486 e. The van der Waals surface area contributed by atoms with Gasteiger partial charge in [0.15, 0.2) is 11.6 Å². The zero-order valence-corrected chi connectivity index (χ0v) is 14.2. The number of thioether (sulfide) groups is 1. The van der Waals surface area contributed by atoms with Crippen LogP contribution < -0.4 is 4.74 Å². The molecular formula is C16H11F4NO5S. The highest BCUT2D eigenvalue weighted by Gasteiger charge is 2.48. The average Bonchev–Trinajstić information content (AvgIpc) is 2.59. The van der Waals surface area contributed by atoms with Crippen molar-refractivity contribution >= 4 is 29.6 Å². The molecule has 11 heteroatoms. The lowest BCUT2D eigenvalue weighted by molar-refractivity contribution is -0.201. The highest BCUT2D eigenvalue weighted by atomic mass is 32.2. The number of halogens is 4. The molecule has 0 aliphatic carbocycles. The van der Waals surface area contributed by atoms with E-state index in [2.05, 4.69) is 4.74 Å². The van der Waals surface area contributed by atoms with Crippen LogP contribution in [0.15, 0.2) is 35.5 Å². The summed E-state index contributed by atoms with van der Waals surface area (Å²) in [5.41, 5.74) is -0.350. The van der Waals surface area contributed by atoms with Gasteiger partial charge in [-0.05, 0) is 12.1 Å². The van der Waals surface area contributed by atoms with Crippen LogP contribution in [-0.4, -0.2) is 46.7 Å². The molecule has 1 saturated heterocycles. The molecule has 2 aliphatic heterocycles. The summed E-state index contributed by atoms with van der Waals surface area (Å²) >= 11 is 1.27. The van der Waals surface area contributed by atoms with Crippen LogP contribution in [0.1, 0.15) is 6.42 Å². The van der Waals surface area contributed by atoms with E-state index in [0.717, 1.165) is 11.0 Å². The second kappa shape index (κ2) is 7.22. The SMILES string of the molecule is O=C(OC(=O)C(F)(F)F)C1=C(COc2ccccc2F)CSC2CC(=O)N12. The van der Waals surface area contributed by atoms with E-state index in [0.29, 0.717) is 0 Å². The number of carbonyl (C=O) groups excluding carboxylic acids is 3. The number of alkyl halides is 3. The first kappa shape index (κ1) is 19.2. The summed E-state index contributed by atoms with van der Waals surface area (Å²) in [5, 5.41) is -0.432. The smallest absolute Gasteiger partial charge is 0.486 e. The van der Waals surface area contributed by atoms with Crippen molar-refractivity contribution in [3.8, 4) is 5.75 Å². The first-order valence-corrected chi connectivity index (χ1v) is 8.59. The standard InChI is InChI=1S/C16H11F4NO5S/c17-9-3-1-2-4-10(9)25-6-8-7-27-12-5-11(22)21(12)13(8)14(23)26-15(24)16(18,19)20/h1-4,12H,5-7H2. The molecule has 0 aromatic heterocycles. The average molecular weight is 405 g/mol. The Labute approximate surface area is 154 Å². The van der Waals surface area contributed by atoms with Crippen molar-refractivity contribution in [3.05, 3.63) is 41.4 Å². The zero-order valence-electron chi connectivity index (χ0n) is 13.4. The summed E-state index contributed by atoms with van der Waals surface area (Å²) < 4.78 is 59.9. The third-order valence-corrected chi connectivity index (χ3v) is 5.06. The molecule has 1 atom stereocenters. The largest absolute Gasteiger partial charge is 0.491 e. The summed E-state index contributed by atoms with van der Waals surface area (Å²) in [4.78, 5) is 35.9. The molecule has 6 nitrogen and oxygen atoms in total. The van der Waals surface area contributed by atoms with Crippen LogP contribution in [0.3, 0.4) is 0 Å². The third-order valence-electron chi connectivity index (χ3n) is 3.78. The second-order valence-electron chi connectivity index (χ2n) is 5.58. The van der Waals surface area contributed by atoms with Gasteiger partial charge in [0, 0.05) is 11.3 Å². The summed E-state index contributed by atoms with van der Waals surface area (Å²) in [6.45, 7) is -0.366. The van der Waals surface area contributed by atoms with E-state index >= 15 is 0 Å². The van der Waals surface area contributed by atoms with E-state index in [1.807, 2.05) is 0 Å². The number of esters is 2. The molecule has 144 valence electrons. The van der Waals surface area contributed by atoms with Gasteiger partial charge in [0.2, 0.25) is 5.91 Å². The number of para-hydroxylation sites is 1. The van der Waals surface area contributed by atoms with Gasteiger partial charge in [-0.25, -0.2) is 14.0 Å². The number of nitrogens with zero attached hydrogens (tertiary/aromatic N) is 1. The number of β-lactam (4-membered cyclic amide) rings is 1. The molecule has 1 amide bonds. The van der Waals surface area contributed by atoms with Gasteiger partial charge in [0.25, 0.3) is 0 Å². The highest BCUT2D eigenvalue weighted by Crippen LogP contribution is 2.40. The van der Waals surface area contributed by atoms with Crippen molar-refractivity contribution in [2.75, 3.05) is 12.4 Å². The number of rotatable bonds is 4. The van der Waals surface area contributed by atoms with Crippen molar-refractivity contribution < 1.29 is 41.4 Å². The third kappa shape index (κ3) is 3.92. The molecule has 2 heterocycles. The zero-order chi connectivity index (χ0) is 19.8. The number of fused-ring (bicyclic) bond motifs is 1. The highest BCUT2D eigenvalue weighted by molar-refractivity contribution is 8.00. The summed E-state index contributed by atoms with van der Waals surface area (Å²) in [6.07, 6.45) is -5.25. The Kier molecular flexibility index (Phi) is 5.13. The van der Waals surface area contributed by atoms with E-state index in [1.165, 1.54) is 30.0 Å². The van der Waals surface area contributed by atoms with Gasteiger partial charge in [-0.2, -0.15) is 13.2 Å². The first-order chi connectivity index (χ1) is 12.7. The number of carbonyl (C=O) groups is 3. The lowest BCUT2D eigenvalue weighted by atomic mass is 10.1. The quantitative estimate of drug-likeness (QED) is 0.332. The van der Waals surface area contributed by atoms with Crippen molar-refractivity contribution in [1.82, 2.24) is 4.90 Å². The van der Waals surface area contributed by atoms with Crippen LogP contribution >= 0.6 is 11.8 Å². The number of ether oxygens (including phenoxy) is 2. The van der Waals surface area contributed by atoms with Gasteiger partial charge in [-0.3, -0.25) is 9.69 Å². The van der Waals surface area contributed by atoms with Crippen molar-refractivity contribution in [3.63, 3.8) is 0 Å². The molecule has 1 fully saturated rings. The molecule has 3 rings (SSSR count). The second-order valence-corrected chi connectivity index (χ2v) is 6.75. The van der Waals surface area contributed by atoms with Crippen LogP contribution in [0.25, 0.3) is 0 Å². The van der Waals surface area contributed by atoms with Crippen LogP contribution in [0.2, 0.25) is 0 Å². The Balaban J connectivity index is 1.85. The lowest BCUT2D eigenvalue weighted by Gasteiger charge is -2.44. The fourth-order valence-corrected chi connectivity index (χ4v) is 3.74. The Morgan fingerprint density at radius 2 is 1.96 bits per heavy atom. The number of hydrogen-bond donors (Lipinski definition) is 0. The van der Waals surface area contributed by atoms with E-state index in [4.69, 9.17) is 4.74 Å². The Bertz CT molecular complexity index is 838. The molecule has 0 N–H and O–H groups in total. The van der Waals surface area contributed by atoms with Gasteiger partial charge in [0.1, 0.15) is 12.3 Å². The number of hydrogen-bond acceptors (Lipinski definition) is 6. The Morgan fingerprint density at radius 3 is 2.59 bits per heavy atom.